The Balaban J connectivity index is 1.92. The van der Waals surface area contributed by atoms with Crippen LogP contribution in [0, 0.1) is 0 Å². The monoisotopic (exact) mass is 403 g/mol. The van der Waals surface area contributed by atoms with Gasteiger partial charge < -0.3 is 19.5 Å². The molecule has 0 saturated carbocycles. The molecule has 7 heteroatoms. The molecule has 3 rings (SSSR count). The second kappa shape index (κ2) is 8.65. The maximum atomic E-state index is 12.8. The molecule has 1 heterocycles. The van der Waals surface area contributed by atoms with Gasteiger partial charge in [-0.1, -0.05) is 0 Å². The van der Waals surface area contributed by atoms with Crippen molar-refractivity contribution in [2.24, 2.45) is 0 Å². The van der Waals surface area contributed by atoms with E-state index >= 15 is 0 Å². The summed E-state index contributed by atoms with van der Waals surface area (Å²) in [6.45, 7) is 3.64. The van der Waals surface area contributed by atoms with Crippen molar-refractivity contribution in [3.63, 3.8) is 0 Å². The van der Waals surface area contributed by atoms with E-state index in [4.69, 9.17) is 14.2 Å². The predicted molar refractivity (Wildman–Crippen MR) is 109 cm³/mol. The van der Waals surface area contributed by atoms with Gasteiger partial charge in [-0.3, -0.25) is 4.79 Å². The summed E-state index contributed by atoms with van der Waals surface area (Å²) in [6.07, 6.45) is 3.67. The minimum Gasteiger partial charge on any atom is -0.493 e. The van der Waals surface area contributed by atoms with Gasteiger partial charge in [-0.15, -0.1) is 11.3 Å². The lowest BCUT2D eigenvalue weighted by Crippen LogP contribution is -2.18. The molecule has 150 valence electrons. The molecule has 0 unspecified atom stereocenters. The highest BCUT2D eigenvalue weighted by molar-refractivity contribution is 7.17. The van der Waals surface area contributed by atoms with Crippen LogP contribution in [-0.2, 0) is 17.6 Å². The molecule has 1 aromatic carbocycles. The Morgan fingerprint density at radius 3 is 2.46 bits per heavy atom. The Bertz CT molecular complexity index is 887. The number of hydrogen-bond acceptors (Lipinski definition) is 6. The fourth-order valence-electron chi connectivity index (χ4n) is 3.30. The molecule has 0 fully saturated rings. The molecule has 28 heavy (non-hydrogen) atoms. The summed E-state index contributed by atoms with van der Waals surface area (Å²) in [6, 6.07) is 4.96. The Labute approximate surface area is 168 Å². The SMILES string of the molecule is COc1ccc(C(=O)Nc2sc3c(c2C(=O)OC(C)C)CCCC3)cc1OC. The van der Waals surface area contributed by atoms with Crippen LogP contribution in [0.15, 0.2) is 18.2 Å². The average Bonchev–Trinajstić information content (AvgIpc) is 3.04. The lowest BCUT2D eigenvalue weighted by molar-refractivity contribution is 0.0378. The number of amides is 1. The number of hydrogen-bond donors (Lipinski definition) is 1. The van der Waals surface area contributed by atoms with E-state index in [1.54, 1.807) is 25.3 Å². The van der Waals surface area contributed by atoms with E-state index in [-0.39, 0.29) is 18.0 Å². The lowest BCUT2D eigenvalue weighted by Gasteiger charge is -2.14. The third-order valence-electron chi connectivity index (χ3n) is 4.59. The van der Waals surface area contributed by atoms with E-state index in [1.165, 1.54) is 18.4 Å². The summed E-state index contributed by atoms with van der Waals surface area (Å²) < 4.78 is 15.9. The maximum Gasteiger partial charge on any atom is 0.341 e. The van der Waals surface area contributed by atoms with Crippen molar-refractivity contribution in [1.82, 2.24) is 0 Å². The molecule has 1 aliphatic carbocycles. The first-order valence-electron chi connectivity index (χ1n) is 9.33. The van der Waals surface area contributed by atoms with Crippen molar-refractivity contribution >= 4 is 28.2 Å². The molecule has 0 spiro atoms. The zero-order valence-corrected chi connectivity index (χ0v) is 17.4. The zero-order chi connectivity index (χ0) is 20.3. The van der Waals surface area contributed by atoms with Gasteiger partial charge in [0.25, 0.3) is 5.91 Å². The smallest absolute Gasteiger partial charge is 0.341 e. The molecule has 0 saturated heterocycles. The van der Waals surface area contributed by atoms with Gasteiger partial charge in [0, 0.05) is 10.4 Å². The van der Waals surface area contributed by atoms with E-state index in [1.807, 2.05) is 13.8 Å². The number of aryl methyl sites for hydroxylation is 1. The molecular weight excluding hydrogens is 378 g/mol. The summed E-state index contributed by atoms with van der Waals surface area (Å²) in [4.78, 5) is 26.7. The first-order valence-corrected chi connectivity index (χ1v) is 10.1. The highest BCUT2D eigenvalue weighted by Crippen LogP contribution is 2.39. The number of esters is 1. The summed E-state index contributed by atoms with van der Waals surface area (Å²) in [7, 11) is 3.06. The van der Waals surface area contributed by atoms with Crippen molar-refractivity contribution < 1.29 is 23.8 Å². The Kier molecular flexibility index (Phi) is 6.24. The zero-order valence-electron chi connectivity index (χ0n) is 16.6. The standard InChI is InChI=1S/C21H25NO5S/c1-12(2)27-21(24)18-14-7-5-6-8-17(14)28-20(18)22-19(23)13-9-10-15(25-3)16(11-13)26-4/h9-12H,5-8H2,1-4H3,(H,22,23). The average molecular weight is 404 g/mol. The fraction of sp³-hybridized carbons (Fsp3) is 0.429. The predicted octanol–water partition coefficient (Wildman–Crippen LogP) is 4.46. The van der Waals surface area contributed by atoms with Crippen LogP contribution in [0.2, 0.25) is 0 Å². The number of thiophene rings is 1. The number of anilines is 1. The number of methoxy groups -OCH3 is 2. The molecule has 2 aromatic rings. The molecule has 1 N–H and O–H groups in total. The van der Waals surface area contributed by atoms with Gasteiger partial charge in [0.2, 0.25) is 0 Å². The number of benzene rings is 1. The van der Waals surface area contributed by atoms with Crippen LogP contribution in [0.25, 0.3) is 0 Å². The quantitative estimate of drug-likeness (QED) is 0.721. The van der Waals surface area contributed by atoms with Gasteiger partial charge in [0.05, 0.1) is 25.9 Å². The topological polar surface area (TPSA) is 73.9 Å². The van der Waals surface area contributed by atoms with Crippen LogP contribution in [0.5, 0.6) is 11.5 Å². The molecule has 0 radical (unpaired) electrons. The van der Waals surface area contributed by atoms with Crippen LogP contribution >= 0.6 is 11.3 Å². The van der Waals surface area contributed by atoms with Crippen LogP contribution in [0.1, 0.15) is 57.8 Å². The first kappa shape index (κ1) is 20.2. The molecule has 6 nitrogen and oxygen atoms in total. The van der Waals surface area contributed by atoms with Crippen molar-refractivity contribution in [3.05, 3.63) is 39.8 Å². The number of rotatable bonds is 6. The van der Waals surface area contributed by atoms with Crippen molar-refractivity contribution in [3.8, 4) is 11.5 Å². The fourth-order valence-corrected chi connectivity index (χ4v) is 4.57. The van der Waals surface area contributed by atoms with Crippen molar-refractivity contribution in [2.75, 3.05) is 19.5 Å². The van der Waals surface area contributed by atoms with E-state index in [9.17, 15) is 9.59 Å². The van der Waals surface area contributed by atoms with Gasteiger partial charge in [0.15, 0.2) is 11.5 Å². The number of fused-ring (bicyclic) bond motifs is 1. The molecule has 1 amide bonds. The third kappa shape index (κ3) is 4.14. The second-order valence-electron chi connectivity index (χ2n) is 6.89. The van der Waals surface area contributed by atoms with Gasteiger partial charge in [0.1, 0.15) is 5.00 Å². The van der Waals surface area contributed by atoms with E-state index in [0.29, 0.717) is 27.6 Å². The molecule has 0 bridgehead atoms. The molecule has 1 aliphatic rings. The summed E-state index contributed by atoms with van der Waals surface area (Å²) in [5.41, 5.74) is 1.94. The molecule has 0 aliphatic heterocycles. The van der Waals surface area contributed by atoms with E-state index in [2.05, 4.69) is 5.32 Å². The number of carbonyl (C=O) groups is 2. The Morgan fingerprint density at radius 2 is 1.79 bits per heavy atom. The van der Waals surface area contributed by atoms with Gasteiger partial charge in [-0.2, -0.15) is 0 Å². The minimum absolute atomic E-state index is 0.221. The van der Waals surface area contributed by atoms with Gasteiger partial charge >= 0.3 is 5.97 Å². The molecular formula is C21H25NO5S. The van der Waals surface area contributed by atoms with Crippen molar-refractivity contribution in [1.29, 1.82) is 0 Å². The van der Waals surface area contributed by atoms with Crippen LogP contribution < -0.4 is 14.8 Å². The highest BCUT2D eigenvalue weighted by atomic mass is 32.1. The van der Waals surface area contributed by atoms with Crippen molar-refractivity contribution in [2.45, 2.75) is 45.6 Å². The number of ether oxygens (including phenoxy) is 3. The van der Waals surface area contributed by atoms with E-state index < -0.39 is 0 Å². The Morgan fingerprint density at radius 1 is 1.07 bits per heavy atom. The van der Waals surface area contributed by atoms with Crippen LogP contribution in [-0.4, -0.2) is 32.2 Å². The van der Waals surface area contributed by atoms with Gasteiger partial charge in [-0.05, 0) is 63.3 Å². The number of carbonyl (C=O) groups excluding carboxylic acids is 2. The number of nitrogens with one attached hydrogen (secondary N) is 1. The Hall–Kier alpha value is -2.54. The largest absolute Gasteiger partial charge is 0.493 e. The van der Waals surface area contributed by atoms with Crippen LogP contribution in [0.4, 0.5) is 5.00 Å². The summed E-state index contributed by atoms with van der Waals surface area (Å²) in [5.74, 6) is 0.335. The minimum atomic E-state index is -0.378. The normalized spacial score (nSPS) is 13.0. The molecule has 0 atom stereocenters. The first-order chi connectivity index (χ1) is 13.4. The van der Waals surface area contributed by atoms with Crippen LogP contribution in [0.3, 0.4) is 0 Å². The second-order valence-corrected chi connectivity index (χ2v) is 8.00. The summed E-state index contributed by atoms with van der Waals surface area (Å²) >= 11 is 1.47. The lowest BCUT2D eigenvalue weighted by atomic mass is 9.95. The third-order valence-corrected chi connectivity index (χ3v) is 5.80. The highest BCUT2D eigenvalue weighted by Gasteiger charge is 2.28. The molecule has 1 aromatic heterocycles. The maximum absolute atomic E-state index is 12.8. The van der Waals surface area contributed by atoms with E-state index in [0.717, 1.165) is 36.1 Å². The van der Waals surface area contributed by atoms with Gasteiger partial charge in [-0.25, -0.2) is 4.79 Å². The summed E-state index contributed by atoms with van der Waals surface area (Å²) in [5, 5.41) is 3.46.